The Bertz CT molecular complexity index is 261. The van der Waals surface area contributed by atoms with Crippen LogP contribution in [0.2, 0.25) is 0 Å². The number of rotatable bonds is 3. The number of para-hydroxylation sites is 1. The molecule has 0 spiro atoms. The molecule has 1 unspecified atom stereocenters. The second-order valence-electron chi connectivity index (χ2n) is 3.31. The number of benzene rings is 1. The predicted molar refractivity (Wildman–Crippen MR) is 64.9 cm³/mol. The number of halogens is 1. The topological polar surface area (TPSA) is 9.23 Å². The van der Waals surface area contributed by atoms with Gasteiger partial charge in [0.25, 0.3) is 0 Å². The van der Waals surface area contributed by atoms with E-state index in [1.807, 2.05) is 0 Å². The second-order valence-corrected chi connectivity index (χ2v) is 5.44. The Morgan fingerprint density at radius 3 is 2.31 bits per heavy atom. The lowest BCUT2D eigenvalue weighted by Gasteiger charge is -2.12. The average molecular weight is 290 g/mol. The number of aryl methyl sites for hydroxylation is 2. The van der Waals surface area contributed by atoms with Crippen LogP contribution in [0, 0.1) is 13.8 Å². The summed E-state index contributed by atoms with van der Waals surface area (Å²) in [6, 6.07) is 6.23. The van der Waals surface area contributed by atoms with Crippen LogP contribution < -0.4 is 4.74 Å². The molecule has 0 aromatic heterocycles. The van der Waals surface area contributed by atoms with Crippen LogP contribution in [0.3, 0.4) is 0 Å². The van der Waals surface area contributed by atoms with Gasteiger partial charge in [-0.05, 0) is 25.0 Å². The third-order valence-corrected chi connectivity index (χ3v) is 2.23. The molecule has 1 nitrogen and oxygen atoms in total. The van der Waals surface area contributed by atoms with Gasteiger partial charge < -0.3 is 4.74 Å². The summed E-state index contributed by atoms with van der Waals surface area (Å²) in [7, 11) is 0. The van der Waals surface area contributed by atoms with E-state index >= 15 is 0 Å². The lowest BCUT2D eigenvalue weighted by atomic mass is 10.1. The summed E-state index contributed by atoms with van der Waals surface area (Å²) >= 11 is 2.37. The van der Waals surface area contributed by atoms with E-state index in [1.54, 1.807) is 0 Å². The first-order valence-electron chi connectivity index (χ1n) is 4.44. The molecule has 13 heavy (non-hydrogen) atoms. The van der Waals surface area contributed by atoms with Gasteiger partial charge in [-0.2, -0.15) is 0 Å². The number of hydrogen-bond acceptors (Lipinski definition) is 1. The third kappa shape index (κ3) is 3.18. The molecule has 0 aliphatic carbocycles. The first-order chi connectivity index (χ1) is 6.11. The molecular formula is C11H15IO. The van der Waals surface area contributed by atoms with E-state index in [2.05, 4.69) is 61.6 Å². The van der Waals surface area contributed by atoms with E-state index in [1.165, 1.54) is 11.1 Å². The largest absolute Gasteiger partial charge is 0.492 e. The minimum atomic E-state index is 0.552. The van der Waals surface area contributed by atoms with Gasteiger partial charge in [0.1, 0.15) is 5.75 Å². The normalized spacial score (nSPS) is 12.6. The van der Waals surface area contributed by atoms with Crippen molar-refractivity contribution in [2.24, 2.45) is 0 Å². The van der Waals surface area contributed by atoms with Gasteiger partial charge in [0.15, 0.2) is 0 Å². The molecule has 1 rings (SSSR count). The van der Waals surface area contributed by atoms with E-state index < -0.39 is 0 Å². The summed E-state index contributed by atoms with van der Waals surface area (Å²) in [4.78, 5) is 0. The van der Waals surface area contributed by atoms with Crippen molar-refractivity contribution in [1.29, 1.82) is 0 Å². The fourth-order valence-corrected chi connectivity index (χ4v) is 1.40. The third-order valence-electron chi connectivity index (χ3n) is 1.87. The fourth-order valence-electron chi connectivity index (χ4n) is 1.23. The zero-order chi connectivity index (χ0) is 9.84. The van der Waals surface area contributed by atoms with Gasteiger partial charge in [-0.1, -0.05) is 47.7 Å². The van der Waals surface area contributed by atoms with Crippen molar-refractivity contribution in [2.75, 3.05) is 6.61 Å². The van der Waals surface area contributed by atoms with Crippen molar-refractivity contribution in [3.05, 3.63) is 29.3 Å². The van der Waals surface area contributed by atoms with E-state index in [0.29, 0.717) is 3.92 Å². The summed E-state index contributed by atoms with van der Waals surface area (Å²) in [5, 5.41) is 0. The van der Waals surface area contributed by atoms with Crippen LogP contribution in [-0.4, -0.2) is 10.5 Å². The lowest BCUT2D eigenvalue weighted by molar-refractivity contribution is 0.322. The molecular weight excluding hydrogens is 275 g/mol. The molecule has 0 N–H and O–H groups in total. The Hall–Kier alpha value is -0.250. The molecule has 0 aliphatic rings. The molecule has 0 heterocycles. The Kier molecular flexibility index (Phi) is 4.03. The Morgan fingerprint density at radius 2 is 1.85 bits per heavy atom. The Morgan fingerprint density at radius 1 is 1.31 bits per heavy atom. The summed E-state index contributed by atoms with van der Waals surface area (Å²) in [6.07, 6.45) is 0. The van der Waals surface area contributed by atoms with Crippen molar-refractivity contribution >= 4 is 22.6 Å². The maximum Gasteiger partial charge on any atom is 0.125 e. The van der Waals surface area contributed by atoms with Crippen LogP contribution in [0.15, 0.2) is 18.2 Å². The first-order valence-corrected chi connectivity index (χ1v) is 5.69. The van der Waals surface area contributed by atoms with Gasteiger partial charge in [0.2, 0.25) is 0 Å². The summed E-state index contributed by atoms with van der Waals surface area (Å²) < 4.78 is 6.27. The molecule has 72 valence electrons. The molecule has 0 amide bonds. The monoisotopic (exact) mass is 290 g/mol. The standard InChI is InChI=1S/C11H15IO/c1-8-5-4-6-9(2)11(8)13-7-10(3)12/h4-6,10H,7H2,1-3H3. The highest BCUT2D eigenvalue weighted by Gasteiger charge is 2.04. The van der Waals surface area contributed by atoms with Crippen molar-refractivity contribution in [1.82, 2.24) is 0 Å². The van der Waals surface area contributed by atoms with Gasteiger partial charge in [-0.3, -0.25) is 0 Å². The predicted octanol–water partition coefficient (Wildman–Crippen LogP) is 3.51. The summed E-state index contributed by atoms with van der Waals surface area (Å²) in [5.74, 6) is 1.05. The molecule has 0 radical (unpaired) electrons. The van der Waals surface area contributed by atoms with E-state index in [-0.39, 0.29) is 0 Å². The zero-order valence-corrected chi connectivity index (χ0v) is 10.5. The van der Waals surface area contributed by atoms with E-state index in [4.69, 9.17) is 4.74 Å². The van der Waals surface area contributed by atoms with Gasteiger partial charge in [-0.15, -0.1) is 0 Å². The highest BCUT2D eigenvalue weighted by Crippen LogP contribution is 2.22. The van der Waals surface area contributed by atoms with Crippen molar-refractivity contribution in [2.45, 2.75) is 24.7 Å². The molecule has 1 atom stereocenters. The zero-order valence-electron chi connectivity index (χ0n) is 8.30. The van der Waals surface area contributed by atoms with Gasteiger partial charge >= 0.3 is 0 Å². The molecule has 1 aromatic carbocycles. The van der Waals surface area contributed by atoms with E-state index in [9.17, 15) is 0 Å². The number of hydrogen-bond donors (Lipinski definition) is 0. The first kappa shape index (κ1) is 10.8. The van der Waals surface area contributed by atoms with Crippen LogP contribution in [-0.2, 0) is 0 Å². The van der Waals surface area contributed by atoms with Gasteiger partial charge in [0, 0.05) is 3.92 Å². The second kappa shape index (κ2) is 4.84. The Balaban J connectivity index is 2.75. The lowest BCUT2D eigenvalue weighted by Crippen LogP contribution is -2.08. The molecule has 0 saturated carbocycles. The summed E-state index contributed by atoms with van der Waals surface area (Å²) in [5.41, 5.74) is 2.44. The molecule has 1 aromatic rings. The molecule has 0 fully saturated rings. The molecule has 2 heteroatoms. The molecule has 0 saturated heterocycles. The molecule has 0 aliphatic heterocycles. The van der Waals surface area contributed by atoms with Crippen molar-refractivity contribution in [3.63, 3.8) is 0 Å². The molecule has 0 bridgehead atoms. The smallest absolute Gasteiger partial charge is 0.125 e. The van der Waals surface area contributed by atoms with Gasteiger partial charge in [0.05, 0.1) is 6.61 Å². The van der Waals surface area contributed by atoms with Crippen LogP contribution in [0.1, 0.15) is 18.1 Å². The van der Waals surface area contributed by atoms with Crippen LogP contribution in [0.4, 0.5) is 0 Å². The fraction of sp³-hybridized carbons (Fsp3) is 0.455. The summed E-state index contributed by atoms with van der Waals surface area (Å²) in [6.45, 7) is 7.10. The minimum absolute atomic E-state index is 0.552. The maximum absolute atomic E-state index is 5.72. The van der Waals surface area contributed by atoms with Crippen LogP contribution >= 0.6 is 22.6 Å². The number of ether oxygens (including phenoxy) is 1. The van der Waals surface area contributed by atoms with E-state index in [0.717, 1.165) is 12.4 Å². The Labute approximate surface area is 93.6 Å². The van der Waals surface area contributed by atoms with Crippen LogP contribution in [0.25, 0.3) is 0 Å². The number of alkyl halides is 1. The SMILES string of the molecule is Cc1cccc(C)c1OCC(C)I. The highest BCUT2D eigenvalue weighted by molar-refractivity contribution is 14.1. The minimum Gasteiger partial charge on any atom is -0.492 e. The average Bonchev–Trinajstić information content (AvgIpc) is 2.03. The highest BCUT2D eigenvalue weighted by atomic mass is 127. The van der Waals surface area contributed by atoms with Crippen molar-refractivity contribution in [3.8, 4) is 5.75 Å². The maximum atomic E-state index is 5.72. The quantitative estimate of drug-likeness (QED) is 0.611. The van der Waals surface area contributed by atoms with Crippen molar-refractivity contribution < 1.29 is 4.74 Å². The van der Waals surface area contributed by atoms with Crippen LogP contribution in [0.5, 0.6) is 5.75 Å². The van der Waals surface area contributed by atoms with Gasteiger partial charge in [-0.25, -0.2) is 0 Å².